The van der Waals surface area contributed by atoms with Gasteiger partial charge < -0.3 is 4.74 Å². The predicted molar refractivity (Wildman–Crippen MR) is 119 cm³/mol. The van der Waals surface area contributed by atoms with E-state index in [1.165, 1.54) is 0 Å². The van der Waals surface area contributed by atoms with Gasteiger partial charge in [-0.1, -0.05) is 76.6 Å². The number of hydrogen-bond donors (Lipinski definition) is 1. The van der Waals surface area contributed by atoms with E-state index in [0.717, 1.165) is 25.6 Å². The predicted octanol–water partition coefficient (Wildman–Crippen LogP) is 5.50. The van der Waals surface area contributed by atoms with Crippen molar-refractivity contribution in [1.82, 2.24) is 5.43 Å². The zero-order valence-electron chi connectivity index (χ0n) is 15.1. The van der Waals surface area contributed by atoms with Gasteiger partial charge in [0.15, 0.2) is 0 Å². The Labute approximate surface area is 180 Å². The van der Waals surface area contributed by atoms with Gasteiger partial charge in [-0.15, -0.1) is 0 Å². The van der Waals surface area contributed by atoms with Crippen LogP contribution in [0.1, 0.15) is 22.6 Å². The Kier molecular flexibility index (Phi) is 7.01. The second-order valence-electron chi connectivity index (χ2n) is 6.00. The molecule has 0 bridgehead atoms. The summed E-state index contributed by atoms with van der Waals surface area (Å²) in [4.78, 5) is 12.9. The Morgan fingerprint density at radius 3 is 2.11 bits per heavy atom. The summed E-state index contributed by atoms with van der Waals surface area (Å²) in [5.41, 5.74) is 5.21. The van der Waals surface area contributed by atoms with Crippen molar-refractivity contribution in [2.75, 3.05) is 7.11 Å². The molecule has 6 heteroatoms. The van der Waals surface area contributed by atoms with Crippen LogP contribution in [0.25, 0.3) is 0 Å². The standard InChI is InChI=1S/C22H18Br2N2O2/c1-28-21-17(12-18(23)13-19(21)24)14-25-26-22(27)20(15-8-4-2-5-9-15)16-10-6-3-7-11-16/h2-14,20H,1H3,(H,26,27)/b25-14+. The number of rotatable bonds is 6. The van der Waals surface area contributed by atoms with Crippen molar-refractivity contribution in [2.24, 2.45) is 5.10 Å². The maximum absolute atomic E-state index is 12.9. The summed E-state index contributed by atoms with van der Waals surface area (Å²) in [6.45, 7) is 0. The Bertz CT molecular complexity index is 937. The van der Waals surface area contributed by atoms with Gasteiger partial charge in [-0.2, -0.15) is 5.10 Å². The largest absolute Gasteiger partial charge is 0.495 e. The van der Waals surface area contributed by atoms with Crippen LogP contribution >= 0.6 is 31.9 Å². The summed E-state index contributed by atoms with van der Waals surface area (Å²) in [5.74, 6) is -0.0127. The monoisotopic (exact) mass is 500 g/mol. The number of nitrogens with one attached hydrogen (secondary N) is 1. The molecule has 1 N–H and O–H groups in total. The van der Waals surface area contributed by atoms with E-state index >= 15 is 0 Å². The van der Waals surface area contributed by atoms with Gasteiger partial charge in [0.2, 0.25) is 0 Å². The number of carbonyl (C=O) groups excluding carboxylic acids is 1. The van der Waals surface area contributed by atoms with Crippen LogP contribution in [0.2, 0.25) is 0 Å². The molecule has 0 saturated heterocycles. The van der Waals surface area contributed by atoms with E-state index < -0.39 is 5.92 Å². The van der Waals surface area contributed by atoms with E-state index in [2.05, 4.69) is 42.4 Å². The van der Waals surface area contributed by atoms with Gasteiger partial charge in [0.1, 0.15) is 5.75 Å². The minimum absolute atomic E-state index is 0.207. The highest BCUT2D eigenvalue weighted by molar-refractivity contribution is 9.11. The van der Waals surface area contributed by atoms with Crippen molar-refractivity contribution < 1.29 is 9.53 Å². The maximum atomic E-state index is 12.9. The summed E-state index contributed by atoms with van der Waals surface area (Å²) < 4.78 is 7.07. The molecule has 0 aliphatic rings. The van der Waals surface area contributed by atoms with E-state index in [1.54, 1.807) is 13.3 Å². The SMILES string of the molecule is COc1c(Br)cc(Br)cc1/C=N/NC(=O)C(c1ccccc1)c1ccccc1. The number of halogens is 2. The van der Waals surface area contributed by atoms with Crippen LogP contribution < -0.4 is 10.2 Å². The Morgan fingerprint density at radius 2 is 1.57 bits per heavy atom. The average Bonchev–Trinajstić information content (AvgIpc) is 2.69. The van der Waals surface area contributed by atoms with E-state index in [4.69, 9.17) is 4.74 Å². The van der Waals surface area contributed by atoms with Crippen LogP contribution in [-0.2, 0) is 4.79 Å². The molecule has 0 saturated carbocycles. The fraction of sp³-hybridized carbons (Fsp3) is 0.0909. The third kappa shape index (κ3) is 4.88. The zero-order chi connectivity index (χ0) is 19.9. The summed E-state index contributed by atoms with van der Waals surface area (Å²) in [6, 6.07) is 23.1. The normalized spacial score (nSPS) is 11.0. The lowest BCUT2D eigenvalue weighted by atomic mass is 9.91. The fourth-order valence-corrected chi connectivity index (χ4v) is 4.33. The Morgan fingerprint density at radius 1 is 1.00 bits per heavy atom. The van der Waals surface area contributed by atoms with E-state index in [1.807, 2.05) is 72.8 Å². The first kappa shape index (κ1) is 20.3. The van der Waals surface area contributed by atoms with Crippen molar-refractivity contribution in [2.45, 2.75) is 5.92 Å². The van der Waals surface area contributed by atoms with Crippen molar-refractivity contribution in [1.29, 1.82) is 0 Å². The van der Waals surface area contributed by atoms with Gasteiger partial charge in [0.25, 0.3) is 5.91 Å². The molecular weight excluding hydrogens is 484 g/mol. The third-order valence-corrected chi connectivity index (χ3v) is 5.19. The fourth-order valence-electron chi connectivity index (χ4n) is 2.91. The number of ether oxygens (including phenoxy) is 1. The highest BCUT2D eigenvalue weighted by Gasteiger charge is 2.22. The summed E-state index contributed by atoms with van der Waals surface area (Å²) in [6.07, 6.45) is 1.57. The first-order chi connectivity index (χ1) is 13.6. The van der Waals surface area contributed by atoms with Crippen LogP contribution in [0, 0.1) is 0 Å². The molecule has 0 aromatic heterocycles. The summed E-state index contributed by atoms with van der Waals surface area (Å²) in [5, 5.41) is 4.16. The molecule has 0 unspecified atom stereocenters. The molecule has 0 atom stereocenters. The minimum atomic E-state index is -0.448. The molecule has 0 fully saturated rings. The Balaban J connectivity index is 1.85. The lowest BCUT2D eigenvalue weighted by molar-refractivity contribution is -0.121. The highest BCUT2D eigenvalue weighted by Crippen LogP contribution is 2.31. The van der Waals surface area contributed by atoms with Crippen LogP contribution in [-0.4, -0.2) is 19.2 Å². The van der Waals surface area contributed by atoms with Crippen molar-refractivity contribution in [3.8, 4) is 5.75 Å². The van der Waals surface area contributed by atoms with Crippen LogP contribution in [0.5, 0.6) is 5.75 Å². The molecule has 0 heterocycles. The number of hydrogen-bond acceptors (Lipinski definition) is 3. The van der Waals surface area contributed by atoms with E-state index in [9.17, 15) is 4.79 Å². The second kappa shape index (κ2) is 9.66. The smallest absolute Gasteiger partial charge is 0.252 e. The van der Waals surface area contributed by atoms with Gasteiger partial charge in [-0.05, 0) is 39.2 Å². The molecule has 1 amide bonds. The first-order valence-corrected chi connectivity index (χ1v) is 10.1. The van der Waals surface area contributed by atoms with Gasteiger partial charge in [-0.25, -0.2) is 5.43 Å². The van der Waals surface area contributed by atoms with Crippen LogP contribution in [0.15, 0.2) is 86.8 Å². The molecule has 0 aliphatic heterocycles. The zero-order valence-corrected chi connectivity index (χ0v) is 18.3. The molecule has 3 aromatic carbocycles. The third-order valence-electron chi connectivity index (χ3n) is 4.15. The molecule has 4 nitrogen and oxygen atoms in total. The second-order valence-corrected chi connectivity index (χ2v) is 7.77. The van der Waals surface area contributed by atoms with Crippen LogP contribution in [0.3, 0.4) is 0 Å². The highest BCUT2D eigenvalue weighted by atomic mass is 79.9. The van der Waals surface area contributed by atoms with Crippen molar-refractivity contribution in [3.63, 3.8) is 0 Å². The molecule has 142 valence electrons. The quantitative estimate of drug-likeness (QED) is 0.358. The van der Waals surface area contributed by atoms with E-state index in [-0.39, 0.29) is 5.91 Å². The molecule has 0 radical (unpaired) electrons. The molecule has 3 aromatic rings. The van der Waals surface area contributed by atoms with Gasteiger partial charge in [0, 0.05) is 10.0 Å². The van der Waals surface area contributed by atoms with Gasteiger partial charge in [0.05, 0.1) is 23.7 Å². The number of nitrogens with zero attached hydrogens (tertiary/aromatic N) is 1. The van der Waals surface area contributed by atoms with Gasteiger partial charge in [-0.3, -0.25) is 4.79 Å². The summed E-state index contributed by atoms with van der Waals surface area (Å²) >= 11 is 6.91. The lowest BCUT2D eigenvalue weighted by Crippen LogP contribution is -2.26. The number of benzene rings is 3. The number of methoxy groups -OCH3 is 1. The molecule has 3 rings (SSSR count). The molecule has 0 aliphatic carbocycles. The first-order valence-electron chi connectivity index (χ1n) is 8.56. The van der Waals surface area contributed by atoms with Crippen molar-refractivity contribution >= 4 is 44.0 Å². The molecular formula is C22H18Br2N2O2. The molecule has 0 spiro atoms. The number of carbonyl (C=O) groups is 1. The van der Waals surface area contributed by atoms with Crippen LogP contribution in [0.4, 0.5) is 0 Å². The molecule has 28 heavy (non-hydrogen) atoms. The number of amides is 1. The van der Waals surface area contributed by atoms with Gasteiger partial charge >= 0.3 is 0 Å². The summed E-state index contributed by atoms with van der Waals surface area (Å²) in [7, 11) is 1.59. The van der Waals surface area contributed by atoms with Crippen molar-refractivity contribution in [3.05, 3.63) is 98.4 Å². The minimum Gasteiger partial charge on any atom is -0.495 e. The maximum Gasteiger partial charge on any atom is 0.252 e. The average molecular weight is 502 g/mol. The lowest BCUT2D eigenvalue weighted by Gasteiger charge is -2.16. The van der Waals surface area contributed by atoms with E-state index in [0.29, 0.717) is 5.75 Å². The number of hydrazone groups is 1. The Hall–Kier alpha value is -2.44. The topological polar surface area (TPSA) is 50.7 Å².